The summed E-state index contributed by atoms with van der Waals surface area (Å²) in [5.41, 5.74) is 0.814. The van der Waals surface area contributed by atoms with Gasteiger partial charge in [-0.3, -0.25) is 5.32 Å². The first-order valence-corrected chi connectivity index (χ1v) is 9.76. The van der Waals surface area contributed by atoms with Crippen LogP contribution in [0.3, 0.4) is 0 Å². The van der Waals surface area contributed by atoms with Crippen molar-refractivity contribution < 1.29 is 13.9 Å². The van der Waals surface area contributed by atoms with Crippen molar-refractivity contribution in [3.8, 4) is 22.0 Å². The number of hydrogen-bond donors (Lipinski definition) is 1. The number of carbonyl (C=O) groups excluding carboxylic acids is 1. The van der Waals surface area contributed by atoms with Gasteiger partial charge in [-0.1, -0.05) is 48.5 Å². The third-order valence-corrected chi connectivity index (χ3v) is 5.03. The molecule has 2 aromatic heterocycles. The molecule has 0 saturated heterocycles. The number of carbonyl (C=O) groups is 1. The van der Waals surface area contributed by atoms with Crippen LogP contribution in [0, 0.1) is 0 Å². The minimum Gasteiger partial charge on any atom is -0.444 e. The number of oxazole rings is 1. The lowest BCUT2D eigenvalue weighted by Gasteiger charge is -2.19. The van der Waals surface area contributed by atoms with E-state index in [4.69, 9.17) is 9.15 Å². The molecule has 0 unspecified atom stereocenters. The molecule has 1 amide bonds. The second-order valence-corrected chi connectivity index (χ2v) is 8.42. The van der Waals surface area contributed by atoms with Crippen molar-refractivity contribution >= 4 is 33.4 Å². The molecule has 0 atom stereocenters. The summed E-state index contributed by atoms with van der Waals surface area (Å²) in [5, 5.41) is 3.83. The number of benzene rings is 2. The lowest BCUT2D eigenvalue weighted by atomic mass is 10.1. The highest BCUT2D eigenvalue weighted by Crippen LogP contribution is 2.38. The van der Waals surface area contributed by atoms with Crippen LogP contribution in [-0.2, 0) is 4.74 Å². The van der Waals surface area contributed by atoms with Gasteiger partial charge >= 0.3 is 6.09 Å². The normalized spacial score (nSPS) is 11.5. The Morgan fingerprint density at radius 1 is 1.07 bits per heavy atom. The number of fused-ring (bicyclic) bond motifs is 1. The summed E-state index contributed by atoms with van der Waals surface area (Å²) >= 11 is 1.60. The number of rotatable bonds is 3. The van der Waals surface area contributed by atoms with Gasteiger partial charge in [0.05, 0.1) is 4.88 Å². The van der Waals surface area contributed by atoms with Gasteiger partial charge in [-0.25, -0.2) is 9.78 Å². The summed E-state index contributed by atoms with van der Waals surface area (Å²) in [6, 6.07) is 19.8. The van der Waals surface area contributed by atoms with Crippen LogP contribution < -0.4 is 5.32 Å². The Hall–Kier alpha value is -3.12. The van der Waals surface area contributed by atoms with Crippen molar-refractivity contribution in [1.82, 2.24) is 4.98 Å². The number of thiophene rings is 1. The molecule has 5 nitrogen and oxygen atoms in total. The van der Waals surface area contributed by atoms with Crippen LogP contribution in [0.25, 0.3) is 32.1 Å². The van der Waals surface area contributed by atoms with Crippen LogP contribution in [0.15, 0.2) is 65.1 Å². The number of amides is 1. The average Bonchev–Trinajstić information content (AvgIpc) is 3.24. The predicted molar refractivity (Wildman–Crippen MR) is 113 cm³/mol. The van der Waals surface area contributed by atoms with Gasteiger partial charge in [-0.2, -0.15) is 0 Å². The lowest BCUT2D eigenvalue weighted by Crippen LogP contribution is -2.27. The number of anilines is 1. The Morgan fingerprint density at radius 3 is 2.50 bits per heavy atom. The molecule has 4 rings (SSSR count). The maximum absolute atomic E-state index is 12.3. The summed E-state index contributed by atoms with van der Waals surface area (Å²) in [7, 11) is 0. The van der Waals surface area contributed by atoms with Gasteiger partial charge in [0.25, 0.3) is 0 Å². The Kier molecular flexibility index (Phi) is 4.65. The van der Waals surface area contributed by atoms with Gasteiger partial charge in [-0.05, 0) is 38.3 Å². The van der Waals surface area contributed by atoms with Gasteiger partial charge < -0.3 is 9.15 Å². The third kappa shape index (κ3) is 3.92. The van der Waals surface area contributed by atoms with Crippen LogP contribution in [-0.4, -0.2) is 16.7 Å². The van der Waals surface area contributed by atoms with Gasteiger partial charge in [-0.15, -0.1) is 11.3 Å². The molecule has 2 heterocycles. The summed E-state index contributed by atoms with van der Waals surface area (Å²) < 4.78 is 12.5. The molecule has 0 aliphatic carbocycles. The molecule has 0 saturated carbocycles. The molecule has 0 aliphatic heterocycles. The van der Waals surface area contributed by atoms with E-state index in [0.717, 1.165) is 20.5 Å². The zero-order chi connectivity index (χ0) is 19.7. The van der Waals surface area contributed by atoms with Crippen molar-refractivity contribution in [3.05, 3.63) is 60.7 Å². The Labute approximate surface area is 167 Å². The molecule has 28 heavy (non-hydrogen) atoms. The highest BCUT2D eigenvalue weighted by Gasteiger charge is 2.22. The molecule has 4 aromatic rings. The Balaban J connectivity index is 1.74. The van der Waals surface area contributed by atoms with E-state index in [9.17, 15) is 4.79 Å². The highest BCUT2D eigenvalue weighted by molar-refractivity contribution is 7.22. The van der Waals surface area contributed by atoms with Gasteiger partial charge in [0.15, 0.2) is 0 Å². The van der Waals surface area contributed by atoms with E-state index in [1.807, 2.05) is 69.3 Å². The Morgan fingerprint density at radius 2 is 1.79 bits per heavy atom. The van der Waals surface area contributed by atoms with Crippen molar-refractivity contribution in [1.29, 1.82) is 0 Å². The molecular weight excluding hydrogens is 372 g/mol. The number of nitrogens with zero attached hydrogens (tertiary/aromatic N) is 1. The summed E-state index contributed by atoms with van der Waals surface area (Å²) in [6.45, 7) is 5.44. The fourth-order valence-corrected chi connectivity index (χ4v) is 3.77. The average molecular weight is 392 g/mol. The number of ether oxygens (including phenoxy) is 1. The standard InChI is InChI=1S/C22H20N2O3S/c1-22(2,3)27-21(25)24-20-18(14-9-5-4-6-10-14)23-19(26-20)17-13-15-11-7-8-12-16(15)28-17/h4-13H,1-3H3,(H,24,25). The molecule has 1 N–H and O–H groups in total. The Bertz CT molecular complexity index is 1090. The first kappa shape index (κ1) is 18.3. The van der Waals surface area contributed by atoms with Crippen molar-refractivity contribution in [2.75, 3.05) is 5.32 Å². The number of hydrogen-bond acceptors (Lipinski definition) is 5. The zero-order valence-corrected chi connectivity index (χ0v) is 16.7. The largest absolute Gasteiger partial charge is 0.444 e. The minimum absolute atomic E-state index is 0.271. The van der Waals surface area contributed by atoms with E-state index in [-0.39, 0.29) is 5.88 Å². The lowest BCUT2D eigenvalue weighted by molar-refractivity contribution is 0.0633. The first-order valence-electron chi connectivity index (χ1n) is 8.94. The topological polar surface area (TPSA) is 64.4 Å². The second kappa shape index (κ2) is 7.13. The van der Waals surface area contributed by atoms with E-state index in [0.29, 0.717) is 11.6 Å². The molecular formula is C22H20N2O3S. The summed E-state index contributed by atoms with van der Waals surface area (Å²) in [4.78, 5) is 17.8. The summed E-state index contributed by atoms with van der Waals surface area (Å²) in [5.74, 6) is 0.735. The molecule has 142 valence electrons. The quantitative estimate of drug-likeness (QED) is 0.428. The van der Waals surface area contributed by atoms with Crippen LogP contribution in [0.1, 0.15) is 20.8 Å². The van der Waals surface area contributed by atoms with E-state index in [1.54, 1.807) is 11.3 Å². The smallest absolute Gasteiger partial charge is 0.414 e. The number of aromatic nitrogens is 1. The van der Waals surface area contributed by atoms with Crippen LogP contribution in [0.2, 0.25) is 0 Å². The third-order valence-electron chi connectivity index (χ3n) is 3.93. The van der Waals surface area contributed by atoms with E-state index in [1.165, 1.54) is 0 Å². The minimum atomic E-state index is -0.606. The monoisotopic (exact) mass is 392 g/mol. The van der Waals surface area contributed by atoms with Crippen molar-refractivity contribution in [2.45, 2.75) is 26.4 Å². The van der Waals surface area contributed by atoms with Gasteiger partial charge in [0, 0.05) is 10.3 Å². The summed E-state index contributed by atoms with van der Waals surface area (Å²) in [6.07, 6.45) is -0.580. The maximum atomic E-state index is 12.3. The van der Waals surface area contributed by atoms with Crippen molar-refractivity contribution in [3.63, 3.8) is 0 Å². The van der Waals surface area contributed by atoms with Gasteiger partial charge in [0.2, 0.25) is 11.8 Å². The van der Waals surface area contributed by atoms with Crippen molar-refractivity contribution in [2.24, 2.45) is 0 Å². The molecule has 0 bridgehead atoms. The van der Waals surface area contributed by atoms with E-state index < -0.39 is 11.7 Å². The highest BCUT2D eigenvalue weighted by atomic mass is 32.1. The molecule has 2 aromatic carbocycles. The van der Waals surface area contributed by atoms with Crippen LogP contribution in [0.4, 0.5) is 10.7 Å². The maximum Gasteiger partial charge on any atom is 0.414 e. The second-order valence-electron chi connectivity index (χ2n) is 7.34. The molecule has 6 heteroatoms. The fraction of sp³-hybridized carbons (Fsp3) is 0.182. The molecule has 0 aliphatic rings. The van der Waals surface area contributed by atoms with E-state index in [2.05, 4.69) is 22.4 Å². The first-order chi connectivity index (χ1) is 13.4. The zero-order valence-electron chi connectivity index (χ0n) is 15.9. The van der Waals surface area contributed by atoms with Crippen LogP contribution in [0.5, 0.6) is 0 Å². The predicted octanol–water partition coefficient (Wildman–Crippen LogP) is 6.57. The molecule has 0 radical (unpaired) electrons. The SMILES string of the molecule is CC(C)(C)OC(=O)Nc1oc(-c2cc3ccccc3s2)nc1-c1ccccc1. The van der Waals surface area contributed by atoms with Crippen LogP contribution >= 0.6 is 11.3 Å². The number of nitrogens with one attached hydrogen (secondary N) is 1. The fourth-order valence-electron chi connectivity index (χ4n) is 2.79. The van der Waals surface area contributed by atoms with Gasteiger partial charge in [0.1, 0.15) is 11.3 Å². The molecule has 0 spiro atoms. The molecule has 0 fully saturated rings. The van der Waals surface area contributed by atoms with E-state index >= 15 is 0 Å².